The lowest BCUT2D eigenvalue weighted by molar-refractivity contribution is 0.618. The first kappa shape index (κ1) is 11.7. The first-order chi connectivity index (χ1) is 8.08. The van der Waals surface area contributed by atoms with Gasteiger partial charge in [-0.2, -0.15) is 5.10 Å². The molecule has 0 unspecified atom stereocenters. The fraction of sp³-hybridized carbons (Fsp3) is 0.357. The van der Waals surface area contributed by atoms with Gasteiger partial charge in [-0.15, -0.1) is 0 Å². The van der Waals surface area contributed by atoms with E-state index in [0.717, 1.165) is 17.9 Å². The van der Waals surface area contributed by atoms with Crippen LogP contribution in [-0.2, 0) is 6.54 Å². The predicted molar refractivity (Wildman–Crippen MR) is 71.0 cm³/mol. The zero-order chi connectivity index (χ0) is 12.4. The van der Waals surface area contributed by atoms with E-state index in [2.05, 4.69) is 50.1 Å². The van der Waals surface area contributed by atoms with Gasteiger partial charge in [0, 0.05) is 0 Å². The van der Waals surface area contributed by atoms with Gasteiger partial charge in [-0.3, -0.25) is 4.68 Å². The topological polar surface area (TPSA) is 43.8 Å². The van der Waals surface area contributed by atoms with E-state index in [1.54, 1.807) is 6.20 Å². The monoisotopic (exact) mass is 229 g/mol. The summed E-state index contributed by atoms with van der Waals surface area (Å²) in [7, 11) is 0. The van der Waals surface area contributed by atoms with Crippen molar-refractivity contribution in [3.63, 3.8) is 0 Å². The van der Waals surface area contributed by atoms with E-state index in [0.29, 0.717) is 5.92 Å². The van der Waals surface area contributed by atoms with Crippen molar-refractivity contribution in [1.29, 1.82) is 0 Å². The molecule has 0 spiro atoms. The van der Waals surface area contributed by atoms with Gasteiger partial charge in [0.1, 0.15) is 0 Å². The van der Waals surface area contributed by atoms with Crippen LogP contribution in [0.3, 0.4) is 0 Å². The number of aryl methyl sites for hydroxylation is 1. The molecular formula is C14H19N3. The molecule has 0 saturated heterocycles. The lowest BCUT2D eigenvalue weighted by atomic mass is 10.1. The van der Waals surface area contributed by atoms with Gasteiger partial charge in [-0.1, -0.05) is 43.7 Å². The quantitative estimate of drug-likeness (QED) is 0.879. The van der Waals surface area contributed by atoms with Gasteiger partial charge in [-0.25, -0.2) is 0 Å². The molecule has 0 radical (unpaired) electrons. The summed E-state index contributed by atoms with van der Waals surface area (Å²) < 4.78 is 1.99. The zero-order valence-corrected chi connectivity index (χ0v) is 10.6. The highest BCUT2D eigenvalue weighted by atomic mass is 15.3. The van der Waals surface area contributed by atoms with Gasteiger partial charge >= 0.3 is 0 Å². The molecule has 0 atom stereocenters. The average Bonchev–Trinajstić information content (AvgIpc) is 2.59. The highest BCUT2D eigenvalue weighted by molar-refractivity contribution is 5.43. The molecule has 3 nitrogen and oxygen atoms in total. The van der Waals surface area contributed by atoms with E-state index in [-0.39, 0.29) is 0 Å². The van der Waals surface area contributed by atoms with Crippen molar-refractivity contribution in [2.75, 3.05) is 5.73 Å². The molecule has 0 aliphatic rings. The van der Waals surface area contributed by atoms with E-state index in [1.807, 2.05) is 4.68 Å². The van der Waals surface area contributed by atoms with Crippen LogP contribution in [0.4, 0.5) is 5.69 Å². The van der Waals surface area contributed by atoms with Crippen molar-refractivity contribution < 1.29 is 0 Å². The summed E-state index contributed by atoms with van der Waals surface area (Å²) >= 11 is 0. The van der Waals surface area contributed by atoms with Gasteiger partial charge in [0.25, 0.3) is 0 Å². The Labute approximate surface area is 102 Å². The Kier molecular flexibility index (Phi) is 3.18. The third kappa shape index (κ3) is 2.49. The van der Waals surface area contributed by atoms with Crippen LogP contribution in [0, 0.1) is 6.92 Å². The summed E-state index contributed by atoms with van der Waals surface area (Å²) in [5.41, 5.74) is 10.4. The summed E-state index contributed by atoms with van der Waals surface area (Å²) in [4.78, 5) is 0. The summed E-state index contributed by atoms with van der Waals surface area (Å²) in [6.07, 6.45) is 1.74. The fourth-order valence-electron chi connectivity index (χ4n) is 2.15. The number of hydrogen-bond donors (Lipinski definition) is 1. The van der Waals surface area contributed by atoms with E-state index >= 15 is 0 Å². The average molecular weight is 229 g/mol. The maximum atomic E-state index is 5.94. The lowest BCUT2D eigenvalue weighted by Crippen LogP contribution is -2.08. The fourth-order valence-corrected chi connectivity index (χ4v) is 2.15. The van der Waals surface area contributed by atoms with E-state index in [1.165, 1.54) is 11.1 Å². The number of nitrogens with zero attached hydrogens (tertiary/aromatic N) is 2. The molecule has 2 aromatic rings. The molecule has 2 rings (SSSR count). The van der Waals surface area contributed by atoms with Crippen molar-refractivity contribution in [3.05, 3.63) is 47.3 Å². The minimum atomic E-state index is 0.391. The van der Waals surface area contributed by atoms with Crippen LogP contribution < -0.4 is 5.73 Å². The maximum Gasteiger partial charge on any atom is 0.0735 e. The van der Waals surface area contributed by atoms with Crippen LogP contribution in [0.15, 0.2) is 30.5 Å². The highest BCUT2D eigenvalue weighted by Crippen LogP contribution is 2.22. The minimum Gasteiger partial charge on any atom is -0.396 e. The molecule has 1 heterocycles. The smallest absolute Gasteiger partial charge is 0.0735 e. The normalized spacial score (nSPS) is 11.1. The van der Waals surface area contributed by atoms with Crippen molar-refractivity contribution in [1.82, 2.24) is 9.78 Å². The summed E-state index contributed by atoms with van der Waals surface area (Å²) in [5.74, 6) is 0.391. The Morgan fingerprint density at radius 1 is 1.35 bits per heavy atom. The van der Waals surface area contributed by atoms with Crippen LogP contribution in [0.25, 0.3) is 0 Å². The number of rotatable bonds is 3. The molecule has 0 aliphatic carbocycles. The summed E-state index contributed by atoms with van der Waals surface area (Å²) in [6.45, 7) is 7.16. The predicted octanol–water partition coefficient (Wildman–Crippen LogP) is 2.95. The van der Waals surface area contributed by atoms with Crippen LogP contribution in [0.1, 0.15) is 36.6 Å². The second-order valence-corrected chi connectivity index (χ2v) is 4.79. The first-order valence-electron chi connectivity index (χ1n) is 5.94. The van der Waals surface area contributed by atoms with E-state index in [4.69, 9.17) is 5.73 Å². The molecule has 0 saturated carbocycles. The van der Waals surface area contributed by atoms with Crippen molar-refractivity contribution in [2.24, 2.45) is 0 Å². The maximum absolute atomic E-state index is 5.94. The molecule has 0 bridgehead atoms. The second kappa shape index (κ2) is 4.62. The molecule has 90 valence electrons. The highest BCUT2D eigenvalue weighted by Gasteiger charge is 2.12. The SMILES string of the molecule is Cc1cccc(Cn2ncc(N)c2C(C)C)c1. The zero-order valence-electron chi connectivity index (χ0n) is 10.6. The van der Waals surface area contributed by atoms with E-state index < -0.39 is 0 Å². The molecule has 17 heavy (non-hydrogen) atoms. The summed E-state index contributed by atoms with van der Waals surface area (Å²) in [6, 6.07) is 8.48. The third-order valence-electron chi connectivity index (χ3n) is 2.87. The van der Waals surface area contributed by atoms with Crippen LogP contribution >= 0.6 is 0 Å². The Balaban J connectivity index is 2.30. The Hall–Kier alpha value is -1.77. The molecule has 3 heteroatoms. The van der Waals surface area contributed by atoms with Gasteiger partial charge in [0.15, 0.2) is 0 Å². The summed E-state index contributed by atoms with van der Waals surface area (Å²) in [5, 5.41) is 4.35. The van der Waals surface area contributed by atoms with Gasteiger partial charge in [0.2, 0.25) is 0 Å². The van der Waals surface area contributed by atoms with Gasteiger partial charge < -0.3 is 5.73 Å². The Morgan fingerprint density at radius 2 is 2.12 bits per heavy atom. The molecule has 1 aromatic heterocycles. The first-order valence-corrected chi connectivity index (χ1v) is 5.94. The number of anilines is 1. The molecule has 1 aromatic carbocycles. The van der Waals surface area contributed by atoms with Gasteiger partial charge in [-0.05, 0) is 18.4 Å². The number of benzene rings is 1. The lowest BCUT2D eigenvalue weighted by Gasteiger charge is -2.11. The van der Waals surface area contributed by atoms with Crippen molar-refractivity contribution in [2.45, 2.75) is 33.2 Å². The van der Waals surface area contributed by atoms with E-state index in [9.17, 15) is 0 Å². The van der Waals surface area contributed by atoms with Crippen molar-refractivity contribution >= 4 is 5.69 Å². The molecule has 2 N–H and O–H groups in total. The number of aromatic nitrogens is 2. The van der Waals surface area contributed by atoms with Crippen LogP contribution in [0.5, 0.6) is 0 Å². The number of hydrogen-bond acceptors (Lipinski definition) is 2. The number of nitrogens with two attached hydrogens (primary N) is 1. The number of nitrogen functional groups attached to an aromatic ring is 1. The molecule has 0 fully saturated rings. The Bertz CT molecular complexity index is 512. The van der Waals surface area contributed by atoms with Crippen LogP contribution in [0.2, 0.25) is 0 Å². The standard InChI is InChI=1S/C14H19N3/c1-10(2)14-13(15)8-16-17(14)9-12-6-4-5-11(3)7-12/h4-8,10H,9,15H2,1-3H3. The van der Waals surface area contributed by atoms with Gasteiger partial charge in [0.05, 0.1) is 24.1 Å². The molecule has 0 aliphatic heterocycles. The third-order valence-corrected chi connectivity index (χ3v) is 2.87. The largest absolute Gasteiger partial charge is 0.396 e. The van der Waals surface area contributed by atoms with Crippen LogP contribution in [-0.4, -0.2) is 9.78 Å². The minimum absolute atomic E-state index is 0.391. The Morgan fingerprint density at radius 3 is 2.76 bits per heavy atom. The molecule has 0 amide bonds. The second-order valence-electron chi connectivity index (χ2n) is 4.79. The molecular weight excluding hydrogens is 210 g/mol. The van der Waals surface area contributed by atoms with Crippen molar-refractivity contribution in [3.8, 4) is 0 Å².